The highest BCUT2D eigenvalue weighted by Gasteiger charge is 2.26. The average molecular weight is 157 g/mol. The van der Waals surface area contributed by atoms with Crippen LogP contribution < -0.4 is 5.73 Å². The van der Waals surface area contributed by atoms with Crippen molar-refractivity contribution in [1.82, 2.24) is 0 Å². The molecular formula is C9H19NO. The molecule has 1 rings (SSSR count). The molecule has 1 fully saturated rings. The fourth-order valence-corrected chi connectivity index (χ4v) is 1.53. The Hall–Kier alpha value is -0.0800. The van der Waals surface area contributed by atoms with Crippen molar-refractivity contribution in [2.45, 2.75) is 51.9 Å². The fourth-order valence-electron chi connectivity index (χ4n) is 1.53. The molecule has 2 N–H and O–H groups in total. The van der Waals surface area contributed by atoms with E-state index in [1.54, 1.807) is 0 Å². The number of nitrogens with two attached hydrogens (primary N) is 1. The van der Waals surface area contributed by atoms with Gasteiger partial charge in [0, 0.05) is 6.04 Å². The summed E-state index contributed by atoms with van der Waals surface area (Å²) in [5, 5.41) is 0. The highest BCUT2D eigenvalue weighted by atomic mass is 16.5. The normalized spacial score (nSPS) is 39.5. The van der Waals surface area contributed by atoms with Gasteiger partial charge in [-0.3, -0.25) is 0 Å². The molecular weight excluding hydrogens is 138 g/mol. The molecule has 2 heteroatoms. The Kier molecular flexibility index (Phi) is 2.90. The Morgan fingerprint density at radius 3 is 2.45 bits per heavy atom. The molecule has 1 saturated heterocycles. The first-order valence-electron chi connectivity index (χ1n) is 4.52. The van der Waals surface area contributed by atoms with Gasteiger partial charge in [-0.15, -0.1) is 0 Å². The number of hydrogen-bond acceptors (Lipinski definition) is 2. The standard InChI is InChI=1S/C9H19NO/c1-6(2)9-5-4-8(10)7(3)11-9/h6-9H,4-5,10H2,1-3H3/t7?,8-,9-/m1/s1. The fraction of sp³-hybridized carbons (Fsp3) is 1.00. The first-order chi connectivity index (χ1) is 5.11. The summed E-state index contributed by atoms with van der Waals surface area (Å²) in [6.45, 7) is 6.47. The van der Waals surface area contributed by atoms with Gasteiger partial charge in [0.2, 0.25) is 0 Å². The Balaban J connectivity index is 2.40. The quantitative estimate of drug-likeness (QED) is 0.626. The zero-order valence-electron chi connectivity index (χ0n) is 7.71. The SMILES string of the molecule is CC1O[C@@H](C(C)C)CC[C@H]1N. The molecule has 0 aromatic carbocycles. The van der Waals surface area contributed by atoms with Crippen LogP contribution >= 0.6 is 0 Å². The van der Waals surface area contributed by atoms with E-state index in [9.17, 15) is 0 Å². The largest absolute Gasteiger partial charge is 0.373 e. The predicted octanol–water partition coefficient (Wildman–Crippen LogP) is 1.54. The second-order valence-electron chi connectivity index (χ2n) is 3.86. The molecule has 0 aromatic heterocycles. The van der Waals surface area contributed by atoms with Crippen LogP contribution in [-0.2, 0) is 4.74 Å². The number of rotatable bonds is 1. The lowest BCUT2D eigenvalue weighted by molar-refractivity contribution is -0.0715. The molecule has 1 heterocycles. The Bertz CT molecular complexity index is 125. The molecule has 0 radical (unpaired) electrons. The van der Waals surface area contributed by atoms with Crippen molar-refractivity contribution >= 4 is 0 Å². The van der Waals surface area contributed by atoms with Gasteiger partial charge in [0.15, 0.2) is 0 Å². The summed E-state index contributed by atoms with van der Waals surface area (Å²) in [4.78, 5) is 0. The van der Waals surface area contributed by atoms with Crippen molar-refractivity contribution in [3.8, 4) is 0 Å². The van der Waals surface area contributed by atoms with E-state index < -0.39 is 0 Å². The van der Waals surface area contributed by atoms with E-state index >= 15 is 0 Å². The molecule has 11 heavy (non-hydrogen) atoms. The minimum absolute atomic E-state index is 0.246. The summed E-state index contributed by atoms with van der Waals surface area (Å²) in [7, 11) is 0. The van der Waals surface area contributed by atoms with E-state index in [2.05, 4.69) is 20.8 Å². The molecule has 1 aliphatic rings. The van der Waals surface area contributed by atoms with Crippen LogP contribution in [0.4, 0.5) is 0 Å². The molecule has 2 nitrogen and oxygen atoms in total. The molecule has 1 unspecified atom stereocenters. The van der Waals surface area contributed by atoms with Gasteiger partial charge < -0.3 is 10.5 Å². The zero-order chi connectivity index (χ0) is 8.43. The van der Waals surface area contributed by atoms with Crippen molar-refractivity contribution < 1.29 is 4.74 Å². The average Bonchev–Trinajstić information content (AvgIpc) is 1.94. The van der Waals surface area contributed by atoms with E-state index in [0.717, 1.165) is 12.8 Å². The first-order valence-corrected chi connectivity index (χ1v) is 4.52. The van der Waals surface area contributed by atoms with Crippen molar-refractivity contribution in [3.63, 3.8) is 0 Å². The van der Waals surface area contributed by atoms with Crippen LogP contribution in [0.3, 0.4) is 0 Å². The van der Waals surface area contributed by atoms with E-state index in [4.69, 9.17) is 10.5 Å². The van der Waals surface area contributed by atoms with Crippen molar-refractivity contribution in [3.05, 3.63) is 0 Å². The third kappa shape index (κ3) is 2.17. The molecule has 0 spiro atoms. The van der Waals surface area contributed by atoms with Crippen molar-refractivity contribution in [2.75, 3.05) is 0 Å². The second kappa shape index (κ2) is 3.55. The van der Waals surface area contributed by atoms with E-state index in [1.807, 2.05) is 0 Å². The van der Waals surface area contributed by atoms with Gasteiger partial charge in [-0.2, -0.15) is 0 Å². The summed E-state index contributed by atoms with van der Waals surface area (Å²) < 4.78 is 5.73. The third-order valence-electron chi connectivity index (χ3n) is 2.52. The first kappa shape index (κ1) is 9.01. The van der Waals surface area contributed by atoms with Crippen molar-refractivity contribution in [1.29, 1.82) is 0 Å². The number of hydrogen-bond donors (Lipinski definition) is 1. The molecule has 0 aromatic rings. The summed E-state index contributed by atoms with van der Waals surface area (Å²) in [5.41, 5.74) is 5.82. The topological polar surface area (TPSA) is 35.2 Å². The molecule has 66 valence electrons. The van der Waals surface area contributed by atoms with E-state index in [1.165, 1.54) is 0 Å². The third-order valence-corrected chi connectivity index (χ3v) is 2.52. The Morgan fingerprint density at radius 2 is 2.00 bits per heavy atom. The summed E-state index contributed by atoms with van der Waals surface area (Å²) in [5.74, 6) is 0.630. The van der Waals surface area contributed by atoms with Gasteiger partial charge in [0.25, 0.3) is 0 Å². The lowest BCUT2D eigenvalue weighted by Gasteiger charge is -2.34. The van der Waals surface area contributed by atoms with Gasteiger partial charge >= 0.3 is 0 Å². The van der Waals surface area contributed by atoms with Gasteiger partial charge in [-0.25, -0.2) is 0 Å². The Labute approximate surface area is 69.1 Å². The Morgan fingerprint density at radius 1 is 1.36 bits per heavy atom. The predicted molar refractivity (Wildman–Crippen MR) is 46.4 cm³/mol. The highest BCUT2D eigenvalue weighted by Crippen LogP contribution is 2.22. The van der Waals surface area contributed by atoms with Crippen LogP contribution in [0.1, 0.15) is 33.6 Å². The van der Waals surface area contributed by atoms with Crippen LogP contribution in [0.15, 0.2) is 0 Å². The van der Waals surface area contributed by atoms with E-state index in [0.29, 0.717) is 12.0 Å². The van der Waals surface area contributed by atoms with Crippen LogP contribution in [0.5, 0.6) is 0 Å². The van der Waals surface area contributed by atoms with Crippen LogP contribution in [0.25, 0.3) is 0 Å². The molecule has 3 atom stereocenters. The lowest BCUT2D eigenvalue weighted by Crippen LogP contribution is -2.43. The van der Waals surface area contributed by atoms with Crippen LogP contribution in [0, 0.1) is 5.92 Å². The van der Waals surface area contributed by atoms with Crippen molar-refractivity contribution in [2.24, 2.45) is 11.7 Å². The molecule has 0 saturated carbocycles. The van der Waals surface area contributed by atoms with E-state index in [-0.39, 0.29) is 12.1 Å². The maximum Gasteiger partial charge on any atom is 0.0701 e. The molecule has 0 bridgehead atoms. The molecule has 1 aliphatic heterocycles. The van der Waals surface area contributed by atoms with Gasteiger partial charge in [-0.05, 0) is 25.7 Å². The lowest BCUT2D eigenvalue weighted by atomic mass is 9.94. The smallest absolute Gasteiger partial charge is 0.0701 e. The molecule has 0 amide bonds. The maximum absolute atomic E-state index is 5.82. The maximum atomic E-state index is 5.82. The highest BCUT2D eigenvalue weighted by molar-refractivity contribution is 4.79. The van der Waals surface area contributed by atoms with Gasteiger partial charge in [0.1, 0.15) is 0 Å². The van der Waals surface area contributed by atoms with Crippen LogP contribution in [0.2, 0.25) is 0 Å². The van der Waals surface area contributed by atoms with Crippen LogP contribution in [-0.4, -0.2) is 18.2 Å². The summed E-state index contributed by atoms with van der Waals surface area (Å²) in [6, 6.07) is 0.255. The second-order valence-corrected chi connectivity index (χ2v) is 3.86. The minimum Gasteiger partial charge on any atom is -0.373 e. The minimum atomic E-state index is 0.246. The number of ether oxygens (including phenoxy) is 1. The van der Waals surface area contributed by atoms with Gasteiger partial charge in [0.05, 0.1) is 12.2 Å². The molecule has 0 aliphatic carbocycles. The zero-order valence-corrected chi connectivity index (χ0v) is 7.71. The monoisotopic (exact) mass is 157 g/mol. The summed E-state index contributed by atoms with van der Waals surface area (Å²) in [6.07, 6.45) is 2.92. The summed E-state index contributed by atoms with van der Waals surface area (Å²) >= 11 is 0. The van der Waals surface area contributed by atoms with Gasteiger partial charge in [-0.1, -0.05) is 13.8 Å².